The van der Waals surface area contributed by atoms with Gasteiger partial charge in [0.05, 0.1) is 31.3 Å². The smallest absolute Gasteiger partial charge is 0.243 e. The second kappa shape index (κ2) is 5.34. The molecule has 0 aliphatic heterocycles. The van der Waals surface area contributed by atoms with Crippen molar-refractivity contribution in [2.24, 2.45) is 0 Å². The third-order valence-electron chi connectivity index (χ3n) is 2.93. The van der Waals surface area contributed by atoms with Gasteiger partial charge in [-0.1, -0.05) is 11.6 Å². The average Bonchev–Trinajstić information content (AvgIpc) is 2.81. The predicted octanol–water partition coefficient (Wildman–Crippen LogP) is 3.15. The Hall–Kier alpha value is -2.12. The summed E-state index contributed by atoms with van der Waals surface area (Å²) in [5.41, 5.74) is 1.62. The molecule has 0 bridgehead atoms. The lowest BCUT2D eigenvalue weighted by atomic mass is 10.3. The highest BCUT2D eigenvalue weighted by atomic mass is 35.5. The normalized spacial score (nSPS) is 10.8. The minimum absolute atomic E-state index is 0.366. The highest BCUT2D eigenvalue weighted by Crippen LogP contribution is 2.23. The third-order valence-corrected chi connectivity index (χ3v) is 3.45. The number of H-pyrrole nitrogens is 1. The molecule has 3 rings (SSSR count). The van der Waals surface area contributed by atoms with Crippen LogP contribution in [0.25, 0.3) is 17.0 Å². The Kier molecular flexibility index (Phi) is 3.52. The standard InChI is InChI=1S/C13H11ClN4O2S/c1-19-10-6-11(20-2)17-12(16-10)18-9-4-3-7(14)5-8(9)15-13(18)21/h3-6H,1-2H3,(H,15,21). The fraction of sp³-hybridized carbons (Fsp3) is 0.154. The maximum Gasteiger partial charge on any atom is 0.243 e. The Morgan fingerprint density at radius 1 is 1.14 bits per heavy atom. The fourth-order valence-electron chi connectivity index (χ4n) is 1.98. The zero-order chi connectivity index (χ0) is 15.0. The highest BCUT2D eigenvalue weighted by Gasteiger charge is 2.12. The molecular weight excluding hydrogens is 312 g/mol. The van der Waals surface area contributed by atoms with Crippen molar-refractivity contribution in [1.82, 2.24) is 19.5 Å². The van der Waals surface area contributed by atoms with E-state index in [1.807, 2.05) is 6.07 Å². The molecule has 6 nitrogen and oxygen atoms in total. The second-order valence-electron chi connectivity index (χ2n) is 4.18. The van der Waals surface area contributed by atoms with Crippen molar-refractivity contribution in [2.75, 3.05) is 14.2 Å². The van der Waals surface area contributed by atoms with Gasteiger partial charge in [0.2, 0.25) is 17.7 Å². The molecule has 0 fully saturated rings. The Labute approximate surface area is 130 Å². The molecule has 21 heavy (non-hydrogen) atoms. The summed E-state index contributed by atoms with van der Waals surface area (Å²) in [5.74, 6) is 1.15. The van der Waals surface area contributed by atoms with Gasteiger partial charge in [-0.15, -0.1) is 0 Å². The van der Waals surface area contributed by atoms with Crippen LogP contribution in [0.5, 0.6) is 11.8 Å². The minimum atomic E-state index is 0.366. The molecule has 0 spiro atoms. The van der Waals surface area contributed by atoms with Crippen molar-refractivity contribution < 1.29 is 9.47 Å². The van der Waals surface area contributed by atoms with Crippen LogP contribution in [0.2, 0.25) is 5.02 Å². The van der Waals surface area contributed by atoms with Crippen molar-refractivity contribution >= 4 is 34.9 Å². The van der Waals surface area contributed by atoms with Crippen molar-refractivity contribution in [3.8, 4) is 17.7 Å². The summed E-state index contributed by atoms with van der Waals surface area (Å²) < 4.78 is 12.5. The van der Waals surface area contributed by atoms with E-state index < -0.39 is 0 Å². The first-order valence-corrected chi connectivity index (χ1v) is 6.78. The summed E-state index contributed by atoms with van der Waals surface area (Å²) >= 11 is 11.3. The molecule has 2 aromatic heterocycles. The van der Waals surface area contributed by atoms with Crippen molar-refractivity contribution in [2.45, 2.75) is 0 Å². The van der Waals surface area contributed by atoms with E-state index in [1.165, 1.54) is 14.2 Å². The topological polar surface area (TPSA) is 65.0 Å². The number of rotatable bonds is 3. The van der Waals surface area contributed by atoms with E-state index in [4.69, 9.17) is 33.3 Å². The zero-order valence-electron chi connectivity index (χ0n) is 11.3. The molecule has 0 saturated carbocycles. The number of halogens is 1. The van der Waals surface area contributed by atoms with Crippen LogP contribution in [-0.2, 0) is 0 Å². The number of nitrogens with one attached hydrogen (secondary N) is 1. The van der Waals surface area contributed by atoms with Crippen LogP contribution in [-0.4, -0.2) is 33.7 Å². The Balaban J connectivity index is 2.29. The summed E-state index contributed by atoms with van der Waals surface area (Å²) in [7, 11) is 3.06. The molecule has 0 amide bonds. The number of imidazole rings is 1. The lowest BCUT2D eigenvalue weighted by Crippen LogP contribution is -2.04. The fourth-order valence-corrected chi connectivity index (χ4v) is 2.45. The molecule has 0 atom stereocenters. The number of aromatic nitrogens is 4. The van der Waals surface area contributed by atoms with Gasteiger partial charge in [0.25, 0.3) is 0 Å². The maximum atomic E-state index is 5.99. The molecule has 2 heterocycles. The lowest BCUT2D eigenvalue weighted by molar-refractivity contribution is 0.370. The molecule has 108 valence electrons. The molecule has 1 aromatic carbocycles. The number of hydrogen-bond acceptors (Lipinski definition) is 5. The van der Waals surface area contributed by atoms with Crippen LogP contribution in [0.3, 0.4) is 0 Å². The van der Waals surface area contributed by atoms with Gasteiger partial charge in [0.1, 0.15) is 0 Å². The lowest BCUT2D eigenvalue weighted by Gasteiger charge is -2.07. The van der Waals surface area contributed by atoms with Gasteiger partial charge in [-0.2, -0.15) is 9.97 Å². The van der Waals surface area contributed by atoms with Crippen LogP contribution < -0.4 is 9.47 Å². The van der Waals surface area contributed by atoms with Crippen LogP contribution in [0.4, 0.5) is 0 Å². The molecule has 0 unspecified atom stereocenters. The number of ether oxygens (including phenoxy) is 2. The molecule has 0 aliphatic carbocycles. The highest BCUT2D eigenvalue weighted by molar-refractivity contribution is 7.71. The Morgan fingerprint density at radius 2 is 1.81 bits per heavy atom. The number of nitrogens with zero attached hydrogens (tertiary/aromatic N) is 3. The first-order valence-electron chi connectivity index (χ1n) is 6.00. The van der Waals surface area contributed by atoms with E-state index in [0.717, 1.165) is 11.0 Å². The van der Waals surface area contributed by atoms with Crippen molar-refractivity contribution in [1.29, 1.82) is 0 Å². The molecule has 0 aliphatic rings. The van der Waals surface area contributed by atoms with Gasteiger partial charge in [0.15, 0.2) is 4.77 Å². The number of hydrogen-bond donors (Lipinski definition) is 1. The number of methoxy groups -OCH3 is 2. The molecule has 3 aromatic rings. The largest absolute Gasteiger partial charge is 0.481 e. The van der Waals surface area contributed by atoms with Crippen LogP contribution in [0.15, 0.2) is 24.3 Å². The molecule has 0 saturated heterocycles. The third kappa shape index (κ3) is 2.45. The van der Waals surface area contributed by atoms with Gasteiger partial charge in [-0.05, 0) is 30.4 Å². The SMILES string of the molecule is COc1cc(OC)nc(-n2c(=S)[nH]c3cc(Cl)ccc32)n1. The van der Waals surface area contributed by atoms with E-state index in [1.54, 1.807) is 22.8 Å². The summed E-state index contributed by atoms with van der Waals surface area (Å²) in [6.45, 7) is 0. The van der Waals surface area contributed by atoms with Crippen LogP contribution >= 0.6 is 23.8 Å². The van der Waals surface area contributed by atoms with Crippen molar-refractivity contribution in [3.05, 3.63) is 34.1 Å². The molecular formula is C13H11ClN4O2S. The summed E-state index contributed by atoms with van der Waals surface area (Å²) in [5, 5.41) is 0.620. The van der Waals surface area contributed by atoms with E-state index in [2.05, 4.69) is 15.0 Å². The predicted molar refractivity (Wildman–Crippen MR) is 82.2 cm³/mol. The van der Waals surface area contributed by atoms with Gasteiger partial charge >= 0.3 is 0 Å². The molecule has 8 heteroatoms. The summed E-state index contributed by atoms with van der Waals surface area (Å²) in [4.78, 5) is 11.7. The minimum Gasteiger partial charge on any atom is -0.481 e. The first kappa shape index (κ1) is 13.8. The van der Waals surface area contributed by atoms with Crippen LogP contribution in [0, 0.1) is 4.77 Å². The second-order valence-corrected chi connectivity index (χ2v) is 5.00. The molecule has 0 radical (unpaired) electrons. The number of fused-ring (bicyclic) bond motifs is 1. The quantitative estimate of drug-likeness (QED) is 0.750. The summed E-state index contributed by atoms with van der Waals surface area (Å²) in [6, 6.07) is 7.01. The Bertz CT molecular complexity index is 852. The average molecular weight is 323 g/mol. The van der Waals surface area contributed by atoms with Gasteiger partial charge in [0, 0.05) is 5.02 Å². The summed E-state index contributed by atoms with van der Waals surface area (Å²) in [6.07, 6.45) is 0. The van der Waals surface area contributed by atoms with E-state index in [9.17, 15) is 0 Å². The number of benzene rings is 1. The Morgan fingerprint density at radius 3 is 2.43 bits per heavy atom. The zero-order valence-corrected chi connectivity index (χ0v) is 12.8. The first-order chi connectivity index (χ1) is 10.1. The van der Waals surface area contributed by atoms with Gasteiger partial charge in [-0.3, -0.25) is 4.57 Å². The van der Waals surface area contributed by atoms with Gasteiger partial charge in [-0.25, -0.2) is 0 Å². The number of aromatic amines is 1. The monoisotopic (exact) mass is 322 g/mol. The van der Waals surface area contributed by atoms with E-state index >= 15 is 0 Å². The maximum absolute atomic E-state index is 5.99. The van der Waals surface area contributed by atoms with E-state index in [-0.39, 0.29) is 0 Å². The molecule has 1 N–H and O–H groups in total. The van der Waals surface area contributed by atoms with E-state index in [0.29, 0.717) is 27.5 Å². The van der Waals surface area contributed by atoms with Crippen LogP contribution in [0.1, 0.15) is 0 Å². The van der Waals surface area contributed by atoms with Gasteiger partial charge < -0.3 is 14.5 Å². The van der Waals surface area contributed by atoms with Crippen molar-refractivity contribution in [3.63, 3.8) is 0 Å².